The van der Waals surface area contributed by atoms with Gasteiger partial charge in [-0.05, 0) is 5.56 Å². The molecule has 2 aromatic heterocycles. The zero-order valence-electron chi connectivity index (χ0n) is 11.8. The molecule has 0 saturated heterocycles. The molecular formula is C14H14N6O2. The summed E-state index contributed by atoms with van der Waals surface area (Å²) in [7, 11) is 1.61. The Labute approximate surface area is 125 Å². The quantitative estimate of drug-likeness (QED) is 0.543. The molecule has 2 heterocycles. The summed E-state index contributed by atoms with van der Waals surface area (Å²) in [6.07, 6.45) is 1.27. The number of aromatic nitrogens is 4. The number of carboxylic acids is 1. The number of benzene rings is 1. The predicted octanol–water partition coefficient (Wildman–Crippen LogP) is 0.883. The van der Waals surface area contributed by atoms with Crippen LogP contribution >= 0.6 is 0 Å². The van der Waals surface area contributed by atoms with Crippen LogP contribution in [-0.4, -0.2) is 38.1 Å². The second-order valence-corrected chi connectivity index (χ2v) is 4.84. The van der Waals surface area contributed by atoms with Crippen molar-refractivity contribution in [2.75, 3.05) is 12.1 Å². The third kappa shape index (κ3) is 2.35. The summed E-state index contributed by atoms with van der Waals surface area (Å²) < 4.78 is 1.54. The lowest BCUT2D eigenvalue weighted by molar-refractivity contribution is 0.0698. The van der Waals surface area contributed by atoms with Crippen LogP contribution < -0.4 is 10.9 Å². The van der Waals surface area contributed by atoms with Gasteiger partial charge in [0.05, 0.1) is 6.54 Å². The second-order valence-electron chi connectivity index (χ2n) is 4.84. The second kappa shape index (κ2) is 5.41. The van der Waals surface area contributed by atoms with Crippen LogP contribution in [0.2, 0.25) is 0 Å². The SMILES string of the molecule is CN(N)c1ncc(C(=O)O)c2c1nnn2Cc1ccccc1. The first-order valence-electron chi connectivity index (χ1n) is 6.55. The zero-order chi connectivity index (χ0) is 15.7. The van der Waals surface area contributed by atoms with Gasteiger partial charge in [-0.3, -0.25) is 5.01 Å². The number of hydrogen-bond acceptors (Lipinski definition) is 6. The molecule has 0 unspecified atom stereocenters. The maximum atomic E-state index is 11.4. The molecule has 0 amide bonds. The zero-order valence-corrected chi connectivity index (χ0v) is 11.8. The topological polar surface area (TPSA) is 110 Å². The van der Waals surface area contributed by atoms with E-state index in [4.69, 9.17) is 5.84 Å². The lowest BCUT2D eigenvalue weighted by Gasteiger charge is -2.12. The van der Waals surface area contributed by atoms with Gasteiger partial charge in [-0.15, -0.1) is 5.10 Å². The first-order valence-corrected chi connectivity index (χ1v) is 6.55. The monoisotopic (exact) mass is 298 g/mol. The highest BCUT2D eigenvalue weighted by molar-refractivity contribution is 6.03. The minimum Gasteiger partial charge on any atom is -0.478 e. The minimum atomic E-state index is -1.08. The number of pyridine rings is 1. The van der Waals surface area contributed by atoms with Gasteiger partial charge in [0.2, 0.25) is 0 Å². The molecule has 1 aromatic carbocycles. The number of rotatable bonds is 4. The van der Waals surface area contributed by atoms with Gasteiger partial charge < -0.3 is 5.11 Å². The van der Waals surface area contributed by atoms with Crippen molar-refractivity contribution in [2.24, 2.45) is 5.84 Å². The summed E-state index contributed by atoms with van der Waals surface area (Å²) in [6, 6.07) is 9.60. The van der Waals surface area contributed by atoms with Crippen molar-refractivity contribution in [2.45, 2.75) is 6.54 Å². The van der Waals surface area contributed by atoms with Gasteiger partial charge in [0, 0.05) is 13.2 Å². The molecule has 0 spiro atoms. The fraction of sp³-hybridized carbons (Fsp3) is 0.143. The Morgan fingerprint density at radius 1 is 1.36 bits per heavy atom. The number of carbonyl (C=O) groups is 1. The van der Waals surface area contributed by atoms with Crippen molar-refractivity contribution in [3.8, 4) is 0 Å². The van der Waals surface area contributed by atoms with Gasteiger partial charge in [0.1, 0.15) is 11.1 Å². The van der Waals surface area contributed by atoms with Gasteiger partial charge in [0.25, 0.3) is 0 Å². The molecule has 3 aromatic rings. The molecule has 3 N–H and O–H groups in total. The number of nitrogens with two attached hydrogens (primary N) is 1. The molecule has 8 heteroatoms. The molecular weight excluding hydrogens is 284 g/mol. The smallest absolute Gasteiger partial charge is 0.339 e. The first kappa shape index (κ1) is 14.0. The van der Waals surface area contributed by atoms with Crippen LogP contribution in [-0.2, 0) is 6.54 Å². The Bertz CT molecular complexity index is 828. The normalized spacial score (nSPS) is 10.8. The summed E-state index contributed by atoms with van der Waals surface area (Å²) in [6.45, 7) is 0.412. The van der Waals surface area contributed by atoms with Crippen molar-refractivity contribution in [1.29, 1.82) is 0 Å². The van der Waals surface area contributed by atoms with Crippen LogP contribution in [0, 0.1) is 0 Å². The molecule has 8 nitrogen and oxygen atoms in total. The molecule has 0 atom stereocenters. The highest BCUT2D eigenvalue weighted by Crippen LogP contribution is 2.24. The Kier molecular flexibility index (Phi) is 3.43. The maximum Gasteiger partial charge on any atom is 0.339 e. The summed E-state index contributed by atoms with van der Waals surface area (Å²) in [5.74, 6) is 5.01. The number of anilines is 1. The lowest BCUT2D eigenvalue weighted by atomic mass is 10.2. The van der Waals surface area contributed by atoms with Crippen LogP contribution in [0.5, 0.6) is 0 Å². The van der Waals surface area contributed by atoms with E-state index < -0.39 is 5.97 Å². The standard InChI is InChI=1S/C14H14N6O2/c1-19(15)13-11-12(10(7-16-13)14(21)22)20(18-17-11)8-9-5-3-2-4-6-9/h2-7H,8,15H2,1H3,(H,21,22). The van der Waals surface area contributed by atoms with E-state index in [1.807, 2.05) is 30.3 Å². The highest BCUT2D eigenvalue weighted by atomic mass is 16.4. The third-order valence-electron chi connectivity index (χ3n) is 3.26. The van der Waals surface area contributed by atoms with E-state index in [1.165, 1.54) is 11.2 Å². The lowest BCUT2D eigenvalue weighted by Crippen LogP contribution is -2.26. The molecule has 112 valence electrons. The van der Waals surface area contributed by atoms with Crippen LogP contribution in [0.4, 0.5) is 5.82 Å². The number of nitrogens with zero attached hydrogens (tertiary/aromatic N) is 5. The van der Waals surface area contributed by atoms with Gasteiger partial charge >= 0.3 is 5.97 Å². The molecule has 0 fully saturated rings. The Morgan fingerprint density at radius 3 is 2.73 bits per heavy atom. The van der Waals surface area contributed by atoms with E-state index in [2.05, 4.69) is 15.3 Å². The van der Waals surface area contributed by atoms with Crippen molar-refractivity contribution in [3.05, 3.63) is 47.7 Å². The van der Waals surface area contributed by atoms with Crippen molar-refractivity contribution < 1.29 is 9.90 Å². The number of aromatic carboxylic acids is 1. The van der Waals surface area contributed by atoms with Crippen LogP contribution in [0.3, 0.4) is 0 Å². The van der Waals surface area contributed by atoms with Crippen molar-refractivity contribution >= 4 is 22.8 Å². The first-order chi connectivity index (χ1) is 10.6. The Morgan fingerprint density at radius 2 is 2.09 bits per heavy atom. The van der Waals surface area contributed by atoms with E-state index >= 15 is 0 Å². The molecule has 0 saturated carbocycles. The number of hydrogen-bond donors (Lipinski definition) is 2. The Hall–Kier alpha value is -3.00. The molecule has 22 heavy (non-hydrogen) atoms. The molecule has 3 rings (SSSR count). The Balaban J connectivity index is 2.19. The van der Waals surface area contributed by atoms with E-state index in [0.29, 0.717) is 23.4 Å². The molecule has 0 radical (unpaired) electrons. The summed E-state index contributed by atoms with van der Waals surface area (Å²) in [5.41, 5.74) is 1.80. The van der Waals surface area contributed by atoms with Gasteiger partial charge in [0.15, 0.2) is 11.3 Å². The van der Waals surface area contributed by atoms with Gasteiger partial charge in [-0.1, -0.05) is 35.5 Å². The van der Waals surface area contributed by atoms with Gasteiger partial charge in [-0.2, -0.15) is 0 Å². The van der Waals surface area contributed by atoms with Crippen molar-refractivity contribution in [1.82, 2.24) is 20.0 Å². The number of fused-ring (bicyclic) bond motifs is 1. The molecule has 0 aliphatic rings. The van der Waals surface area contributed by atoms with Crippen molar-refractivity contribution in [3.63, 3.8) is 0 Å². The largest absolute Gasteiger partial charge is 0.478 e. The summed E-state index contributed by atoms with van der Waals surface area (Å²) in [5, 5.41) is 18.8. The average molecular weight is 298 g/mol. The van der Waals surface area contributed by atoms with E-state index in [1.54, 1.807) is 11.7 Å². The van der Waals surface area contributed by atoms with Crippen LogP contribution in [0.15, 0.2) is 36.5 Å². The van der Waals surface area contributed by atoms with E-state index in [-0.39, 0.29) is 5.56 Å². The predicted molar refractivity (Wildman–Crippen MR) is 80.4 cm³/mol. The summed E-state index contributed by atoms with van der Waals surface area (Å²) in [4.78, 5) is 15.5. The molecule has 0 aliphatic heterocycles. The number of carboxylic acid groups (broad SMARTS) is 1. The minimum absolute atomic E-state index is 0.0431. The maximum absolute atomic E-state index is 11.4. The van der Waals surface area contributed by atoms with E-state index in [9.17, 15) is 9.90 Å². The average Bonchev–Trinajstić information content (AvgIpc) is 2.91. The number of hydrazine groups is 1. The fourth-order valence-electron chi connectivity index (χ4n) is 2.26. The fourth-order valence-corrected chi connectivity index (χ4v) is 2.26. The highest BCUT2D eigenvalue weighted by Gasteiger charge is 2.20. The van der Waals surface area contributed by atoms with E-state index in [0.717, 1.165) is 5.56 Å². The third-order valence-corrected chi connectivity index (χ3v) is 3.26. The van der Waals surface area contributed by atoms with Gasteiger partial charge in [-0.25, -0.2) is 20.3 Å². The molecule has 0 bridgehead atoms. The molecule has 0 aliphatic carbocycles. The van der Waals surface area contributed by atoms with Crippen LogP contribution in [0.1, 0.15) is 15.9 Å². The van der Waals surface area contributed by atoms with Crippen LogP contribution in [0.25, 0.3) is 11.0 Å². The summed E-state index contributed by atoms with van der Waals surface area (Å²) >= 11 is 0.